The largest absolute Gasteiger partial charge is 0.493 e. The number of nitrogens with one attached hydrogen (secondary N) is 2. The van der Waals surface area contributed by atoms with E-state index in [1.165, 1.54) is 60.0 Å². The van der Waals surface area contributed by atoms with Crippen LogP contribution in [0.3, 0.4) is 0 Å². The lowest BCUT2D eigenvalue weighted by molar-refractivity contribution is 0.102. The fourth-order valence-corrected chi connectivity index (χ4v) is 6.05. The highest BCUT2D eigenvalue weighted by Crippen LogP contribution is 2.39. The number of thiophene rings is 1. The highest BCUT2D eigenvalue weighted by atomic mass is 32.1. The molecule has 250 valence electrons. The number of carbonyl (C=O) groups is 1. The molecule has 0 aliphatic rings. The summed E-state index contributed by atoms with van der Waals surface area (Å²) in [5.74, 6) is -1.74. The number of amides is 1. The Bertz CT molecular complexity index is 2170. The average Bonchev–Trinajstić information content (AvgIpc) is 3.54. The molecule has 2 aromatic carbocycles. The first-order valence-corrected chi connectivity index (χ1v) is 16.1. The molecular formula is C36H31F2N5O5S. The molecule has 10 nitrogen and oxygen atoms in total. The minimum atomic E-state index is -0.821. The van der Waals surface area contributed by atoms with Crippen molar-refractivity contribution < 1.29 is 27.8 Å². The summed E-state index contributed by atoms with van der Waals surface area (Å²) in [7, 11) is 1.66. The lowest BCUT2D eigenvalue weighted by atomic mass is 10.2. The van der Waals surface area contributed by atoms with E-state index < -0.39 is 23.1 Å². The van der Waals surface area contributed by atoms with Crippen molar-refractivity contribution in [3.63, 3.8) is 0 Å². The topological polar surface area (TPSA) is 117 Å². The molecule has 6 rings (SSSR count). The number of fused-ring (bicyclic) bond motifs is 1. The highest BCUT2D eigenvalue weighted by Gasteiger charge is 2.21. The second-order valence-corrected chi connectivity index (χ2v) is 11.8. The van der Waals surface area contributed by atoms with Crippen molar-refractivity contribution in [1.29, 1.82) is 0 Å². The molecule has 1 amide bonds. The van der Waals surface area contributed by atoms with Crippen LogP contribution < -0.4 is 25.7 Å². The number of hydrogen-bond donors (Lipinski definition) is 2. The predicted octanol–water partition coefficient (Wildman–Crippen LogP) is 6.97. The lowest BCUT2D eigenvalue weighted by Gasteiger charge is -2.14. The van der Waals surface area contributed by atoms with Gasteiger partial charge >= 0.3 is 0 Å². The fraction of sp³-hybridized carbons (Fsp3) is 0.167. The lowest BCUT2D eigenvalue weighted by Crippen LogP contribution is -2.29. The van der Waals surface area contributed by atoms with Crippen molar-refractivity contribution in [1.82, 2.24) is 19.9 Å². The van der Waals surface area contributed by atoms with Crippen LogP contribution in [-0.2, 0) is 11.3 Å². The number of benzene rings is 2. The fourth-order valence-electron chi connectivity index (χ4n) is 5.01. The third kappa shape index (κ3) is 7.64. The molecular weight excluding hydrogens is 652 g/mol. The van der Waals surface area contributed by atoms with Crippen LogP contribution >= 0.6 is 11.3 Å². The molecule has 0 unspecified atom stereocenters. The molecule has 0 atom stereocenters. The molecule has 6 aromatic rings. The smallest absolute Gasteiger partial charge is 0.271 e. The summed E-state index contributed by atoms with van der Waals surface area (Å²) in [4.78, 5) is 36.7. The number of methoxy groups -OCH3 is 1. The standard InChI is InChI=1S/C36H31F2N5O5S/c1-3-47-30-12-15-43(25-6-4-5-23(37)17-25)36(45)33(30)35(44)42-24-8-10-29(26(38)18-24)48-31-11-13-40-28-19-32(49-34(28)31)27-9-7-22(21-41-27)20-39-14-16-46-2/h4-13,15,17-19,21,39H,3,14,16,20H2,1-2H3,(H,42,44). The number of rotatable bonds is 13. The molecule has 0 fully saturated rings. The minimum absolute atomic E-state index is 0.0381. The van der Waals surface area contributed by atoms with Gasteiger partial charge in [-0.15, -0.1) is 11.3 Å². The van der Waals surface area contributed by atoms with Crippen molar-refractivity contribution in [2.24, 2.45) is 0 Å². The van der Waals surface area contributed by atoms with E-state index in [1.807, 2.05) is 24.4 Å². The average molecular weight is 684 g/mol. The monoisotopic (exact) mass is 683 g/mol. The van der Waals surface area contributed by atoms with Gasteiger partial charge in [-0.1, -0.05) is 12.1 Å². The summed E-state index contributed by atoms with van der Waals surface area (Å²) in [5, 5.41) is 5.85. The van der Waals surface area contributed by atoms with Crippen LogP contribution in [0.15, 0.2) is 96.2 Å². The van der Waals surface area contributed by atoms with Gasteiger partial charge in [0, 0.05) is 56.6 Å². The quantitative estimate of drug-likeness (QED) is 0.126. The van der Waals surface area contributed by atoms with Gasteiger partial charge in [0.25, 0.3) is 11.5 Å². The molecule has 0 aliphatic carbocycles. The number of aromatic nitrogens is 3. The molecule has 0 radical (unpaired) electrons. The normalized spacial score (nSPS) is 11.1. The molecule has 0 bridgehead atoms. The summed E-state index contributed by atoms with van der Waals surface area (Å²) in [5.41, 5.74) is 1.75. The Morgan fingerprint density at radius 1 is 0.980 bits per heavy atom. The number of nitrogens with zero attached hydrogens (tertiary/aromatic N) is 3. The summed E-state index contributed by atoms with van der Waals surface area (Å²) in [6.45, 7) is 3.94. The van der Waals surface area contributed by atoms with Crippen molar-refractivity contribution in [2.45, 2.75) is 13.5 Å². The van der Waals surface area contributed by atoms with E-state index in [-0.39, 0.29) is 35.0 Å². The van der Waals surface area contributed by atoms with Gasteiger partial charge in [-0.2, -0.15) is 0 Å². The van der Waals surface area contributed by atoms with Crippen LogP contribution in [-0.4, -0.2) is 47.3 Å². The maximum Gasteiger partial charge on any atom is 0.271 e. The van der Waals surface area contributed by atoms with Crippen LogP contribution in [0.2, 0.25) is 0 Å². The van der Waals surface area contributed by atoms with Gasteiger partial charge in [0.05, 0.1) is 39.7 Å². The summed E-state index contributed by atoms with van der Waals surface area (Å²) in [6.07, 6.45) is 4.79. The summed E-state index contributed by atoms with van der Waals surface area (Å²) >= 11 is 1.42. The first-order chi connectivity index (χ1) is 23.8. The molecule has 0 saturated heterocycles. The zero-order valence-electron chi connectivity index (χ0n) is 26.5. The first kappa shape index (κ1) is 33.4. The molecule has 0 spiro atoms. The number of ether oxygens (including phenoxy) is 3. The molecule has 4 heterocycles. The Balaban J connectivity index is 1.20. The van der Waals surface area contributed by atoms with Crippen molar-refractivity contribution >= 4 is 33.1 Å². The van der Waals surface area contributed by atoms with Crippen LogP contribution in [0.1, 0.15) is 22.8 Å². The van der Waals surface area contributed by atoms with Crippen LogP contribution in [0.25, 0.3) is 26.5 Å². The second kappa shape index (κ2) is 15.2. The second-order valence-electron chi connectivity index (χ2n) is 10.7. The van der Waals surface area contributed by atoms with E-state index in [9.17, 15) is 14.0 Å². The third-order valence-electron chi connectivity index (χ3n) is 7.34. The summed E-state index contributed by atoms with van der Waals surface area (Å²) in [6, 6.07) is 18.3. The van der Waals surface area contributed by atoms with Gasteiger partial charge in [-0.25, -0.2) is 8.78 Å². The van der Waals surface area contributed by atoms with E-state index in [2.05, 4.69) is 20.6 Å². The molecule has 2 N–H and O–H groups in total. The molecule has 0 aliphatic heterocycles. The molecule has 49 heavy (non-hydrogen) atoms. The number of halogens is 2. The van der Waals surface area contributed by atoms with E-state index >= 15 is 4.39 Å². The Hall–Kier alpha value is -5.50. The third-order valence-corrected chi connectivity index (χ3v) is 8.50. The minimum Gasteiger partial charge on any atom is -0.493 e. The maximum absolute atomic E-state index is 15.4. The Morgan fingerprint density at radius 3 is 2.61 bits per heavy atom. The van der Waals surface area contributed by atoms with Gasteiger partial charge in [0.2, 0.25) is 0 Å². The van der Waals surface area contributed by atoms with Gasteiger partial charge in [0.15, 0.2) is 11.6 Å². The van der Waals surface area contributed by atoms with Gasteiger partial charge in [-0.3, -0.25) is 24.1 Å². The number of hydrogen-bond acceptors (Lipinski definition) is 9. The first-order valence-electron chi connectivity index (χ1n) is 15.3. The Labute approximate surface area is 283 Å². The zero-order chi connectivity index (χ0) is 34.3. The van der Waals surface area contributed by atoms with Crippen LogP contribution in [0, 0.1) is 11.6 Å². The van der Waals surface area contributed by atoms with E-state index in [0.717, 1.165) is 33.3 Å². The maximum atomic E-state index is 15.4. The zero-order valence-corrected chi connectivity index (χ0v) is 27.4. The van der Waals surface area contributed by atoms with Gasteiger partial charge < -0.3 is 24.8 Å². The van der Waals surface area contributed by atoms with E-state index in [1.54, 1.807) is 26.3 Å². The van der Waals surface area contributed by atoms with E-state index in [0.29, 0.717) is 29.1 Å². The van der Waals surface area contributed by atoms with Crippen LogP contribution in [0.4, 0.5) is 14.5 Å². The molecule has 0 saturated carbocycles. The number of anilines is 1. The van der Waals surface area contributed by atoms with E-state index in [4.69, 9.17) is 14.2 Å². The van der Waals surface area contributed by atoms with Crippen LogP contribution in [0.5, 0.6) is 17.2 Å². The van der Waals surface area contributed by atoms with Gasteiger partial charge in [0.1, 0.15) is 22.9 Å². The predicted molar refractivity (Wildman–Crippen MR) is 184 cm³/mol. The highest BCUT2D eigenvalue weighted by molar-refractivity contribution is 7.22. The van der Waals surface area contributed by atoms with Crippen molar-refractivity contribution in [3.05, 3.63) is 125 Å². The molecule has 13 heteroatoms. The van der Waals surface area contributed by atoms with Crippen molar-refractivity contribution in [2.75, 3.05) is 32.2 Å². The summed E-state index contributed by atoms with van der Waals surface area (Å²) < 4.78 is 47.7. The number of carbonyl (C=O) groups excluding carboxylic acids is 1. The molecule has 4 aromatic heterocycles. The number of pyridine rings is 3. The Morgan fingerprint density at radius 2 is 1.86 bits per heavy atom. The Kier molecular flexibility index (Phi) is 10.3. The van der Waals surface area contributed by atoms with Crippen molar-refractivity contribution in [3.8, 4) is 33.5 Å². The SMILES string of the molecule is CCOc1ccn(-c2cccc(F)c2)c(=O)c1C(=O)Nc1ccc(Oc2ccnc3cc(-c4ccc(CNCCOC)cn4)sc23)c(F)c1. The van der Waals surface area contributed by atoms with Gasteiger partial charge in [-0.05, 0) is 61.0 Å².